The van der Waals surface area contributed by atoms with E-state index in [1.54, 1.807) is 31.2 Å². The van der Waals surface area contributed by atoms with Gasteiger partial charge in [0, 0.05) is 10.6 Å². The number of benzene rings is 2. The van der Waals surface area contributed by atoms with Crippen LogP contribution in [0.3, 0.4) is 0 Å². The van der Waals surface area contributed by atoms with E-state index in [4.69, 9.17) is 32.7 Å². The number of hydrogen-bond donors (Lipinski definition) is 0. The van der Waals surface area contributed by atoms with Crippen LogP contribution in [0.15, 0.2) is 54.6 Å². The number of allylic oxidation sites excluding steroid dienone is 2. The van der Waals surface area contributed by atoms with Gasteiger partial charge in [-0.2, -0.15) is 0 Å². The number of esters is 1. The molecule has 1 aliphatic rings. The number of halogens is 3. The number of ether oxygens (including phenoxy) is 2. The molecule has 4 nitrogen and oxygen atoms in total. The second-order valence-electron chi connectivity index (χ2n) is 7.61. The van der Waals surface area contributed by atoms with Crippen molar-refractivity contribution in [1.82, 2.24) is 4.98 Å². The van der Waals surface area contributed by atoms with Gasteiger partial charge in [0.2, 0.25) is 0 Å². The van der Waals surface area contributed by atoms with Gasteiger partial charge in [0.1, 0.15) is 18.2 Å². The highest BCUT2D eigenvalue weighted by Crippen LogP contribution is 2.43. The molecular formula is C26H22Cl2FNO3. The predicted molar refractivity (Wildman–Crippen MR) is 128 cm³/mol. The van der Waals surface area contributed by atoms with Crippen molar-refractivity contribution in [1.29, 1.82) is 0 Å². The summed E-state index contributed by atoms with van der Waals surface area (Å²) < 4.78 is 24.4. The van der Waals surface area contributed by atoms with E-state index in [1.807, 2.05) is 18.2 Å². The zero-order valence-electron chi connectivity index (χ0n) is 18.0. The largest absolute Gasteiger partial charge is 0.488 e. The highest BCUT2D eigenvalue weighted by atomic mass is 35.5. The number of aromatic nitrogens is 1. The average molecular weight is 486 g/mol. The van der Waals surface area contributed by atoms with Crippen LogP contribution in [-0.2, 0) is 11.3 Å². The van der Waals surface area contributed by atoms with Crippen molar-refractivity contribution in [3.05, 3.63) is 93.0 Å². The zero-order valence-corrected chi connectivity index (χ0v) is 19.5. The fourth-order valence-corrected chi connectivity index (χ4v) is 4.24. The Morgan fingerprint density at radius 3 is 2.55 bits per heavy atom. The average Bonchev–Trinajstić information content (AvgIpc) is 3.29. The fourth-order valence-electron chi connectivity index (χ4n) is 3.88. The Morgan fingerprint density at radius 2 is 1.79 bits per heavy atom. The molecule has 1 aromatic heterocycles. The quantitative estimate of drug-likeness (QED) is 0.327. The number of carbonyl (C=O) groups is 1. The van der Waals surface area contributed by atoms with Crippen molar-refractivity contribution in [3.8, 4) is 5.75 Å². The van der Waals surface area contributed by atoms with Gasteiger partial charge in [0.15, 0.2) is 5.69 Å². The lowest BCUT2D eigenvalue weighted by atomic mass is 9.98. The highest BCUT2D eigenvalue weighted by Gasteiger charge is 2.24. The summed E-state index contributed by atoms with van der Waals surface area (Å²) in [6.07, 6.45) is 2.56. The van der Waals surface area contributed by atoms with Gasteiger partial charge in [-0.3, -0.25) is 0 Å². The first kappa shape index (κ1) is 23.3. The first-order valence-electron chi connectivity index (χ1n) is 10.7. The monoisotopic (exact) mass is 485 g/mol. The lowest BCUT2D eigenvalue weighted by Crippen LogP contribution is -2.09. The van der Waals surface area contributed by atoms with Crippen LogP contribution in [0.2, 0.25) is 10.0 Å². The molecule has 4 rings (SSSR count). The highest BCUT2D eigenvalue weighted by molar-refractivity contribution is 6.33. The van der Waals surface area contributed by atoms with Gasteiger partial charge in [-0.1, -0.05) is 35.3 Å². The number of carbonyl (C=O) groups excluding carboxylic acids is 1. The second-order valence-corrected chi connectivity index (χ2v) is 8.46. The topological polar surface area (TPSA) is 48.4 Å². The number of pyridine rings is 1. The Hall–Kier alpha value is -2.89. The van der Waals surface area contributed by atoms with Crippen LogP contribution in [-0.4, -0.2) is 17.6 Å². The molecule has 0 radical (unpaired) electrons. The Kier molecular flexibility index (Phi) is 7.31. The molecule has 1 heterocycles. The molecule has 3 aromatic rings. The van der Waals surface area contributed by atoms with E-state index in [1.165, 1.54) is 12.1 Å². The Bertz CT molecular complexity index is 1210. The van der Waals surface area contributed by atoms with Crippen molar-refractivity contribution >= 4 is 40.3 Å². The SMILES string of the molecule is CCOC(=O)c1nc(C2=C(c3cc(Cl)ccc3OCc3ccc(F)cc3)CCC2)ccc1Cl. The third-order valence-electron chi connectivity index (χ3n) is 5.42. The van der Waals surface area contributed by atoms with Gasteiger partial charge in [0.05, 0.1) is 17.3 Å². The van der Waals surface area contributed by atoms with Gasteiger partial charge in [-0.15, -0.1) is 0 Å². The molecule has 0 unspecified atom stereocenters. The summed E-state index contributed by atoms with van der Waals surface area (Å²) >= 11 is 12.5. The Balaban J connectivity index is 1.70. The molecule has 0 N–H and O–H groups in total. The van der Waals surface area contributed by atoms with E-state index in [0.717, 1.165) is 41.5 Å². The minimum absolute atomic E-state index is 0.105. The van der Waals surface area contributed by atoms with Crippen LogP contribution in [0.4, 0.5) is 4.39 Å². The maximum Gasteiger partial charge on any atom is 0.358 e. The van der Waals surface area contributed by atoms with Crippen LogP contribution in [0.25, 0.3) is 11.1 Å². The first-order chi connectivity index (χ1) is 16.0. The zero-order chi connectivity index (χ0) is 23.4. The van der Waals surface area contributed by atoms with E-state index >= 15 is 0 Å². The molecule has 33 heavy (non-hydrogen) atoms. The van der Waals surface area contributed by atoms with E-state index in [-0.39, 0.29) is 23.1 Å². The van der Waals surface area contributed by atoms with E-state index in [2.05, 4.69) is 4.98 Å². The molecule has 0 atom stereocenters. The predicted octanol–water partition coefficient (Wildman–Crippen LogP) is 7.38. The Morgan fingerprint density at radius 1 is 1.03 bits per heavy atom. The van der Waals surface area contributed by atoms with Crippen molar-refractivity contribution in [2.75, 3.05) is 6.61 Å². The smallest absolute Gasteiger partial charge is 0.358 e. The van der Waals surface area contributed by atoms with Gasteiger partial charge in [-0.05, 0) is 85.4 Å². The lowest BCUT2D eigenvalue weighted by Gasteiger charge is -2.15. The van der Waals surface area contributed by atoms with Crippen LogP contribution >= 0.6 is 23.2 Å². The van der Waals surface area contributed by atoms with Gasteiger partial charge >= 0.3 is 5.97 Å². The summed E-state index contributed by atoms with van der Waals surface area (Å²) in [7, 11) is 0. The third kappa shape index (κ3) is 5.37. The maximum atomic E-state index is 13.2. The second kappa shape index (κ2) is 10.4. The van der Waals surface area contributed by atoms with E-state index in [0.29, 0.717) is 23.1 Å². The van der Waals surface area contributed by atoms with E-state index < -0.39 is 5.97 Å². The molecule has 0 aliphatic heterocycles. The normalized spacial score (nSPS) is 13.3. The molecule has 0 spiro atoms. The van der Waals surface area contributed by atoms with Gasteiger partial charge in [0.25, 0.3) is 0 Å². The molecule has 2 aromatic carbocycles. The summed E-state index contributed by atoms with van der Waals surface area (Å²) in [4.78, 5) is 16.8. The number of hydrogen-bond acceptors (Lipinski definition) is 4. The molecule has 170 valence electrons. The number of rotatable bonds is 7. The molecule has 0 saturated carbocycles. The standard InChI is InChI=1S/C26H22Cl2FNO3/c1-2-32-26(31)25-22(28)11-12-23(30-25)20-5-3-4-19(20)21-14-17(27)8-13-24(21)33-15-16-6-9-18(29)10-7-16/h6-14H,2-5,15H2,1H3. The van der Waals surface area contributed by atoms with E-state index in [9.17, 15) is 9.18 Å². The minimum atomic E-state index is -0.546. The van der Waals surface area contributed by atoms with Gasteiger partial charge in [-0.25, -0.2) is 14.2 Å². The summed E-state index contributed by atoms with van der Waals surface area (Å²) in [6.45, 7) is 2.27. The number of nitrogens with zero attached hydrogens (tertiary/aromatic N) is 1. The minimum Gasteiger partial charge on any atom is -0.488 e. The summed E-state index contributed by atoms with van der Waals surface area (Å²) in [5.41, 5.74) is 4.61. The fraction of sp³-hybridized carbons (Fsp3) is 0.231. The maximum absolute atomic E-state index is 13.2. The van der Waals surface area contributed by atoms with Crippen LogP contribution in [0.5, 0.6) is 5.75 Å². The molecular weight excluding hydrogens is 464 g/mol. The third-order valence-corrected chi connectivity index (χ3v) is 5.96. The van der Waals surface area contributed by atoms with Crippen molar-refractivity contribution in [3.63, 3.8) is 0 Å². The molecule has 0 bridgehead atoms. The summed E-state index contributed by atoms with van der Waals surface area (Å²) in [5, 5.41) is 0.845. The molecule has 0 amide bonds. The lowest BCUT2D eigenvalue weighted by molar-refractivity contribution is 0.0519. The van der Waals surface area contributed by atoms with Crippen molar-refractivity contribution in [2.24, 2.45) is 0 Å². The van der Waals surface area contributed by atoms with Crippen LogP contribution < -0.4 is 4.74 Å². The van der Waals surface area contributed by atoms with Crippen molar-refractivity contribution in [2.45, 2.75) is 32.8 Å². The first-order valence-corrected chi connectivity index (χ1v) is 11.4. The summed E-state index contributed by atoms with van der Waals surface area (Å²) in [6, 6.07) is 15.2. The molecule has 1 aliphatic carbocycles. The Labute approximate surface area is 202 Å². The molecule has 0 saturated heterocycles. The van der Waals surface area contributed by atoms with Crippen molar-refractivity contribution < 1.29 is 18.7 Å². The summed E-state index contributed by atoms with van der Waals surface area (Å²) in [5.74, 6) is -0.155. The molecule has 7 heteroatoms. The van der Waals surface area contributed by atoms with Gasteiger partial charge < -0.3 is 9.47 Å². The molecule has 0 fully saturated rings. The van der Waals surface area contributed by atoms with Crippen LogP contribution in [0.1, 0.15) is 53.5 Å². The van der Waals surface area contributed by atoms with Crippen LogP contribution in [0, 0.1) is 5.82 Å².